The highest BCUT2D eigenvalue weighted by molar-refractivity contribution is 5.91. The lowest BCUT2D eigenvalue weighted by molar-refractivity contribution is 0.182. The van der Waals surface area contributed by atoms with Crippen LogP contribution in [0.2, 0.25) is 0 Å². The number of aryl methyl sites for hydroxylation is 2. The lowest BCUT2D eigenvalue weighted by Crippen LogP contribution is -2.44. The second-order valence-corrected chi connectivity index (χ2v) is 7.31. The predicted molar refractivity (Wildman–Crippen MR) is 109 cm³/mol. The van der Waals surface area contributed by atoms with E-state index >= 15 is 0 Å². The van der Waals surface area contributed by atoms with Crippen molar-refractivity contribution in [2.75, 3.05) is 11.9 Å². The van der Waals surface area contributed by atoms with E-state index < -0.39 is 0 Å². The Hall–Kier alpha value is -3.01. The Kier molecular flexibility index (Phi) is 4.48. The van der Waals surface area contributed by atoms with Crippen LogP contribution in [0.15, 0.2) is 60.8 Å². The minimum absolute atomic E-state index is 0.0540. The molecule has 0 bridgehead atoms. The standard InChI is InChI=1S/C23H25N3O/c1-16-9-11-19(12-10-16)22-21-8-5-13-25(21)14-15-26(22)23(27)24-20-7-4-6-17(2)18(20)3/h4-13,22H,14-15H2,1-3H3,(H,24,27)/t22-/m1/s1. The highest BCUT2D eigenvalue weighted by Crippen LogP contribution is 2.33. The molecule has 2 amide bonds. The van der Waals surface area contributed by atoms with Gasteiger partial charge >= 0.3 is 6.03 Å². The van der Waals surface area contributed by atoms with Crippen molar-refractivity contribution >= 4 is 11.7 Å². The van der Waals surface area contributed by atoms with Crippen molar-refractivity contribution in [2.24, 2.45) is 0 Å². The molecule has 4 rings (SSSR count). The summed E-state index contributed by atoms with van der Waals surface area (Å²) in [5.41, 5.74) is 6.67. The molecular weight excluding hydrogens is 334 g/mol. The molecule has 0 radical (unpaired) electrons. The maximum atomic E-state index is 13.2. The van der Waals surface area contributed by atoms with Gasteiger partial charge in [0.15, 0.2) is 0 Å². The van der Waals surface area contributed by atoms with Crippen molar-refractivity contribution in [1.29, 1.82) is 0 Å². The third-order valence-electron chi connectivity index (χ3n) is 5.54. The van der Waals surface area contributed by atoms with Crippen LogP contribution in [0.25, 0.3) is 0 Å². The van der Waals surface area contributed by atoms with Crippen molar-refractivity contribution in [1.82, 2.24) is 9.47 Å². The van der Waals surface area contributed by atoms with Crippen molar-refractivity contribution in [3.63, 3.8) is 0 Å². The van der Waals surface area contributed by atoms with E-state index in [4.69, 9.17) is 0 Å². The Bertz CT molecular complexity index is 972. The van der Waals surface area contributed by atoms with Crippen molar-refractivity contribution in [3.05, 3.63) is 88.7 Å². The molecule has 138 valence electrons. The summed E-state index contributed by atoms with van der Waals surface area (Å²) in [6, 6.07) is 18.5. The van der Waals surface area contributed by atoms with Crippen LogP contribution in [0.3, 0.4) is 0 Å². The number of aromatic nitrogens is 1. The van der Waals surface area contributed by atoms with Gasteiger partial charge in [-0.25, -0.2) is 4.79 Å². The van der Waals surface area contributed by atoms with Gasteiger partial charge in [-0.1, -0.05) is 42.0 Å². The summed E-state index contributed by atoms with van der Waals surface area (Å²) < 4.78 is 2.24. The Morgan fingerprint density at radius 2 is 1.74 bits per heavy atom. The van der Waals surface area contributed by atoms with E-state index in [-0.39, 0.29) is 12.1 Å². The third kappa shape index (κ3) is 3.23. The molecule has 0 saturated heterocycles. The number of carbonyl (C=O) groups is 1. The van der Waals surface area contributed by atoms with Gasteiger partial charge in [-0.3, -0.25) is 0 Å². The van der Waals surface area contributed by atoms with Gasteiger partial charge in [0.25, 0.3) is 0 Å². The number of amides is 2. The van der Waals surface area contributed by atoms with Crippen LogP contribution in [0, 0.1) is 20.8 Å². The first-order valence-corrected chi connectivity index (χ1v) is 9.40. The fourth-order valence-corrected chi connectivity index (χ4v) is 3.78. The second-order valence-electron chi connectivity index (χ2n) is 7.31. The second kappa shape index (κ2) is 6.95. The van der Waals surface area contributed by atoms with E-state index in [2.05, 4.69) is 72.4 Å². The number of hydrogen-bond acceptors (Lipinski definition) is 1. The minimum atomic E-state index is -0.0838. The molecule has 2 aromatic carbocycles. The summed E-state index contributed by atoms with van der Waals surface area (Å²) in [6.45, 7) is 7.68. The number of benzene rings is 2. The molecule has 1 aliphatic rings. The molecule has 4 heteroatoms. The largest absolute Gasteiger partial charge is 0.348 e. The zero-order valence-corrected chi connectivity index (χ0v) is 16.1. The Morgan fingerprint density at radius 1 is 0.963 bits per heavy atom. The fraction of sp³-hybridized carbons (Fsp3) is 0.261. The molecule has 1 aliphatic heterocycles. The molecule has 0 saturated carbocycles. The lowest BCUT2D eigenvalue weighted by atomic mass is 9.99. The van der Waals surface area contributed by atoms with Crippen LogP contribution < -0.4 is 5.32 Å². The fourth-order valence-electron chi connectivity index (χ4n) is 3.78. The number of carbonyl (C=O) groups excluding carboxylic acids is 1. The van der Waals surface area contributed by atoms with E-state index in [9.17, 15) is 4.79 Å². The van der Waals surface area contributed by atoms with Gasteiger partial charge < -0.3 is 14.8 Å². The van der Waals surface area contributed by atoms with Crippen LogP contribution in [-0.4, -0.2) is 22.0 Å². The quantitative estimate of drug-likeness (QED) is 0.683. The molecule has 0 unspecified atom stereocenters. The zero-order chi connectivity index (χ0) is 19.0. The average molecular weight is 359 g/mol. The Labute approximate surface area is 160 Å². The van der Waals surface area contributed by atoms with E-state index in [1.807, 2.05) is 24.0 Å². The van der Waals surface area contributed by atoms with E-state index in [1.54, 1.807) is 0 Å². The van der Waals surface area contributed by atoms with Crippen LogP contribution in [-0.2, 0) is 6.54 Å². The number of anilines is 1. The summed E-state index contributed by atoms with van der Waals surface area (Å²) >= 11 is 0. The summed E-state index contributed by atoms with van der Waals surface area (Å²) in [5.74, 6) is 0. The number of nitrogens with one attached hydrogen (secondary N) is 1. The maximum Gasteiger partial charge on any atom is 0.322 e. The van der Waals surface area contributed by atoms with E-state index in [1.165, 1.54) is 11.1 Å². The molecule has 1 atom stereocenters. The number of rotatable bonds is 2. The van der Waals surface area contributed by atoms with Gasteiger partial charge in [-0.15, -0.1) is 0 Å². The smallest absolute Gasteiger partial charge is 0.322 e. The molecule has 27 heavy (non-hydrogen) atoms. The molecular formula is C23H25N3O. The lowest BCUT2D eigenvalue weighted by Gasteiger charge is -2.37. The number of fused-ring (bicyclic) bond motifs is 1. The maximum absolute atomic E-state index is 13.2. The molecule has 4 nitrogen and oxygen atoms in total. The first-order chi connectivity index (χ1) is 13.0. The van der Waals surface area contributed by atoms with Crippen molar-refractivity contribution in [2.45, 2.75) is 33.4 Å². The molecule has 1 N–H and O–H groups in total. The normalized spacial score (nSPS) is 16.1. The molecule has 2 heterocycles. The Morgan fingerprint density at radius 3 is 2.52 bits per heavy atom. The third-order valence-corrected chi connectivity index (χ3v) is 5.54. The molecule has 3 aromatic rings. The molecule has 0 aliphatic carbocycles. The van der Waals surface area contributed by atoms with Crippen LogP contribution in [0.5, 0.6) is 0 Å². The predicted octanol–water partition coefficient (Wildman–Crippen LogP) is 5.05. The van der Waals surface area contributed by atoms with Gasteiger partial charge in [0, 0.05) is 30.7 Å². The number of urea groups is 1. The molecule has 1 aromatic heterocycles. The van der Waals surface area contributed by atoms with Gasteiger partial charge in [0.2, 0.25) is 0 Å². The SMILES string of the molecule is Cc1ccc([C@@H]2c3cccn3CCN2C(=O)Nc2cccc(C)c2C)cc1. The first-order valence-electron chi connectivity index (χ1n) is 9.40. The average Bonchev–Trinajstić information content (AvgIpc) is 3.14. The van der Waals surface area contributed by atoms with Gasteiger partial charge in [0.1, 0.15) is 0 Å². The monoisotopic (exact) mass is 359 g/mol. The van der Waals surface area contributed by atoms with E-state index in [0.29, 0.717) is 6.54 Å². The van der Waals surface area contributed by atoms with Crippen molar-refractivity contribution in [3.8, 4) is 0 Å². The van der Waals surface area contributed by atoms with Crippen LogP contribution in [0.4, 0.5) is 10.5 Å². The van der Waals surface area contributed by atoms with Crippen LogP contribution in [0.1, 0.15) is 34.0 Å². The summed E-state index contributed by atoms with van der Waals surface area (Å²) in [6.07, 6.45) is 2.09. The van der Waals surface area contributed by atoms with E-state index in [0.717, 1.165) is 29.1 Å². The van der Waals surface area contributed by atoms with Gasteiger partial charge in [-0.05, 0) is 55.7 Å². The first kappa shape index (κ1) is 17.4. The topological polar surface area (TPSA) is 37.3 Å². The zero-order valence-electron chi connectivity index (χ0n) is 16.1. The minimum Gasteiger partial charge on any atom is -0.348 e. The summed E-state index contributed by atoms with van der Waals surface area (Å²) in [7, 11) is 0. The highest BCUT2D eigenvalue weighted by atomic mass is 16.2. The van der Waals surface area contributed by atoms with Gasteiger partial charge in [-0.2, -0.15) is 0 Å². The molecule has 0 spiro atoms. The summed E-state index contributed by atoms with van der Waals surface area (Å²) in [5, 5.41) is 3.13. The number of hydrogen-bond donors (Lipinski definition) is 1. The van der Waals surface area contributed by atoms with Crippen LogP contribution >= 0.6 is 0 Å². The molecule has 0 fully saturated rings. The number of nitrogens with zero attached hydrogens (tertiary/aromatic N) is 2. The van der Waals surface area contributed by atoms with Gasteiger partial charge in [0.05, 0.1) is 6.04 Å². The summed E-state index contributed by atoms with van der Waals surface area (Å²) in [4.78, 5) is 15.2. The highest BCUT2D eigenvalue weighted by Gasteiger charge is 2.32. The Balaban J connectivity index is 1.68. The van der Waals surface area contributed by atoms with Crippen molar-refractivity contribution < 1.29 is 4.79 Å².